The highest BCUT2D eigenvalue weighted by Crippen LogP contribution is 2.48. The molecular formula is C26H28N2O4. The van der Waals surface area contributed by atoms with Crippen LogP contribution in [-0.2, 0) is 22.3 Å². The molecular weight excluding hydrogens is 404 g/mol. The van der Waals surface area contributed by atoms with Crippen LogP contribution in [-0.4, -0.2) is 51.8 Å². The summed E-state index contributed by atoms with van der Waals surface area (Å²) in [7, 11) is 0. The van der Waals surface area contributed by atoms with E-state index in [1.165, 1.54) is 0 Å². The summed E-state index contributed by atoms with van der Waals surface area (Å²) in [4.78, 5) is 29.3. The van der Waals surface area contributed by atoms with Crippen LogP contribution in [0.4, 0.5) is 9.59 Å². The van der Waals surface area contributed by atoms with Crippen molar-refractivity contribution in [2.75, 3.05) is 13.1 Å². The summed E-state index contributed by atoms with van der Waals surface area (Å²) in [6.07, 6.45) is 2.46. The second-order valence-corrected chi connectivity index (χ2v) is 9.50. The number of hydrogen-bond donors (Lipinski definition) is 0. The minimum absolute atomic E-state index is 0.345. The molecule has 0 radical (unpaired) electrons. The number of fused-ring (bicyclic) bond motifs is 2. The Labute approximate surface area is 188 Å². The van der Waals surface area contributed by atoms with E-state index in [0.717, 1.165) is 16.8 Å². The smallest absolute Gasteiger partial charge is 0.415 e. The van der Waals surface area contributed by atoms with Crippen LogP contribution in [0.25, 0.3) is 0 Å². The van der Waals surface area contributed by atoms with Gasteiger partial charge >= 0.3 is 12.2 Å². The molecule has 0 N–H and O–H groups in total. The fraction of sp³-hybridized carbons (Fsp3) is 0.385. The summed E-state index contributed by atoms with van der Waals surface area (Å²) in [6, 6.07) is 20.1. The molecule has 32 heavy (non-hydrogen) atoms. The van der Waals surface area contributed by atoms with Gasteiger partial charge in [-0.25, -0.2) is 9.59 Å². The Morgan fingerprint density at radius 1 is 0.781 bits per heavy atom. The predicted octanol–water partition coefficient (Wildman–Crippen LogP) is 4.55. The third-order valence-electron chi connectivity index (χ3n) is 7.26. The van der Waals surface area contributed by atoms with Gasteiger partial charge in [-0.05, 0) is 38.0 Å². The number of carbonyl (C=O) groups excluding carboxylic acids is 2. The maximum absolute atomic E-state index is 13.0. The van der Waals surface area contributed by atoms with Gasteiger partial charge in [0.15, 0.2) is 5.60 Å². The molecule has 0 aromatic heterocycles. The van der Waals surface area contributed by atoms with Gasteiger partial charge in [0, 0.05) is 25.9 Å². The van der Waals surface area contributed by atoms with Crippen molar-refractivity contribution in [1.29, 1.82) is 0 Å². The molecule has 3 aliphatic heterocycles. The quantitative estimate of drug-likeness (QED) is 0.711. The molecule has 6 nitrogen and oxygen atoms in total. The number of carbonyl (C=O) groups is 2. The number of amides is 2. The van der Waals surface area contributed by atoms with E-state index >= 15 is 0 Å². The summed E-state index contributed by atoms with van der Waals surface area (Å²) in [5.74, 6) is 0. The molecule has 3 atom stereocenters. The maximum Gasteiger partial charge on any atom is 0.415 e. The lowest BCUT2D eigenvalue weighted by atomic mass is 9.76. The third-order valence-corrected chi connectivity index (χ3v) is 7.26. The standard InChI is InChI=1S/C26H28N2O4/c1-24(16-19-10-6-4-7-11-19)21-18-25(2)26(3,17-20-12-8-5-9-13-20)32-23(30)28(25)15-14-27(21)22(29)31-24/h4-13,18H,14-17H2,1-3H3/t24-,25+,26+/m1/s1. The lowest BCUT2D eigenvalue weighted by Crippen LogP contribution is -2.55. The highest BCUT2D eigenvalue weighted by molar-refractivity contribution is 5.78. The molecule has 2 fully saturated rings. The van der Waals surface area contributed by atoms with E-state index in [2.05, 4.69) is 0 Å². The fourth-order valence-corrected chi connectivity index (χ4v) is 5.29. The molecule has 3 aliphatic rings. The van der Waals surface area contributed by atoms with Gasteiger partial charge in [-0.1, -0.05) is 60.7 Å². The molecule has 2 aromatic rings. The first-order valence-corrected chi connectivity index (χ1v) is 11.1. The molecule has 0 bridgehead atoms. The van der Waals surface area contributed by atoms with E-state index < -0.39 is 16.7 Å². The molecule has 2 aromatic carbocycles. The Balaban J connectivity index is 1.59. The SMILES string of the molecule is C[C@]1(Cc2ccccc2)OC(=O)N2CCN3C(=O)O[C@@](C)(Cc4ccccc4)[C@]3(C)C=C21. The van der Waals surface area contributed by atoms with Gasteiger partial charge in [0.25, 0.3) is 0 Å². The Kier molecular flexibility index (Phi) is 4.59. The number of benzene rings is 2. The van der Waals surface area contributed by atoms with Crippen molar-refractivity contribution in [3.8, 4) is 0 Å². The third kappa shape index (κ3) is 3.08. The van der Waals surface area contributed by atoms with E-state index in [-0.39, 0.29) is 12.2 Å². The normalized spacial score (nSPS) is 31.4. The lowest BCUT2D eigenvalue weighted by Gasteiger charge is -2.40. The highest BCUT2D eigenvalue weighted by Gasteiger charge is 2.62. The first-order chi connectivity index (χ1) is 15.2. The van der Waals surface area contributed by atoms with Crippen molar-refractivity contribution >= 4 is 12.2 Å². The van der Waals surface area contributed by atoms with Gasteiger partial charge in [0.1, 0.15) is 11.1 Å². The van der Waals surface area contributed by atoms with Crippen molar-refractivity contribution < 1.29 is 19.1 Å². The van der Waals surface area contributed by atoms with Crippen molar-refractivity contribution in [1.82, 2.24) is 9.80 Å². The van der Waals surface area contributed by atoms with Crippen molar-refractivity contribution in [2.24, 2.45) is 0 Å². The van der Waals surface area contributed by atoms with Crippen LogP contribution in [0.1, 0.15) is 31.9 Å². The summed E-state index contributed by atoms with van der Waals surface area (Å²) in [5, 5.41) is 0. The van der Waals surface area contributed by atoms with Crippen LogP contribution >= 0.6 is 0 Å². The van der Waals surface area contributed by atoms with Crippen molar-refractivity contribution in [3.63, 3.8) is 0 Å². The number of hydrogen-bond acceptors (Lipinski definition) is 4. The molecule has 3 heterocycles. The van der Waals surface area contributed by atoms with Crippen LogP contribution in [0.15, 0.2) is 72.4 Å². The molecule has 2 amide bonds. The number of rotatable bonds is 4. The largest absolute Gasteiger partial charge is 0.440 e. The van der Waals surface area contributed by atoms with E-state index in [1.807, 2.05) is 87.5 Å². The second-order valence-electron chi connectivity index (χ2n) is 9.50. The van der Waals surface area contributed by atoms with Crippen LogP contribution in [0.5, 0.6) is 0 Å². The Bertz CT molecular complexity index is 1090. The molecule has 6 heteroatoms. The van der Waals surface area contributed by atoms with Crippen LogP contribution in [0.2, 0.25) is 0 Å². The molecule has 0 unspecified atom stereocenters. The first kappa shape index (κ1) is 20.6. The second kappa shape index (κ2) is 7.12. The minimum Gasteiger partial charge on any atom is -0.440 e. The molecule has 166 valence electrons. The fourth-order valence-electron chi connectivity index (χ4n) is 5.29. The number of cyclic esters (lactones) is 2. The average molecular weight is 433 g/mol. The minimum atomic E-state index is -0.823. The van der Waals surface area contributed by atoms with Gasteiger partial charge in [-0.3, -0.25) is 9.80 Å². The monoisotopic (exact) mass is 432 g/mol. The Morgan fingerprint density at radius 3 is 2.00 bits per heavy atom. The van der Waals surface area contributed by atoms with Gasteiger partial charge in [-0.2, -0.15) is 0 Å². The van der Waals surface area contributed by atoms with Crippen molar-refractivity contribution in [3.05, 3.63) is 83.6 Å². The first-order valence-electron chi connectivity index (χ1n) is 11.1. The van der Waals surface area contributed by atoms with Gasteiger partial charge in [-0.15, -0.1) is 0 Å². The Hall–Kier alpha value is -3.28. The molecule has 5 rings (SSSR count). The average Bonchev–Trinajstić information content (AvgIpc) is 2.99. The molecule has 0 saturated carbocycles. The zero-order valence-electron chi connectivity index (χ0n) is 18.7. The van der Waals surface area contributed by atoms with Crippen molar-refractivity contribution in [2.45, 2.75) is 50.4 Å². The molecule has 2 saturated heterocycles. The van der Waals surface area contributed by atoms with Crippen LogP contribution < -0.4 is 0 Å². The summed E-state index contributed by atoms with van der Waals surface area (Å²) in [6.45, 7) is 6.73. The summed E-state index contributed by atoms with van der Waals surface area (Å²) >= 11 is 0. The van der Waals surface area contributed by atoms with Crippen LogP contribution in [0.3, 0.4) is 0 Å². The predicted molar refractivity (Wildman–Crippen MR) is 120 cm³/mol. The lowest BCUT2D eigenvalue weighted by molar-refractivity contribution is 0.0293. The number of nitrogens with zero attached hydrogens (tertiary/aromatic N) is 2. The van der Waals surface area contributed by atoms with Gasteiger partial charge < -0.3 is 9.47 Å². The molecule has 0 spiro atoms. The topological polar surface area (TPSA) is 59.1 Å². The van der Waals surface area contributed by atoms with E-state index in [1.54, 1.807) is 9.80 Å². The zero-order valence-corrected chi connectivity index (χ0v) is 18.7. The number of ether oxygens (including phenoxy) is 2. The summed E-state index contributed by atoms with van der Waals surface area (Å²) in [5.41, 5.74) is 0.619. The Morgan fingerprint density at radius 2 is 1.38 bits per heavy atom. The van der Waals surface area contributed by atoms with Gasteiger partial charge in [0.05, 0.1) is 5.70 Å². The van der Waals surface area contributed by atoms with Gasteiger partial charge in [0.2, 0.25) is 0 Å². The summed E-state index contributed by atoms with van der Waals surface area (Å²) < 4.78 is 12.0. The van der Waals surface area contributed by atoms with E-state index in [0.29, 0.717) is 25.9 Å². The van der Waals surface area contributed by atoms with E-state index in [9.17, 15) is 9.59 Å². The zero-order chi connectivity index (χ0) is 22.6. The maximum atomic E-state index is 13.0. The molecule has 0 aliphatic carbocycles. The highest BCUT2D eigenvalue weighted by atomic mass is 16.6. The van der Waals surface area contributed by atoms with E-state index in [4.69, 9.17) is 9.47 Å². The van der Waals surface area contributed by atoms with Crippen LogP contribution in [0, 0.1) is 0 Å².